The summed E-state index contributed by atoms with van der Waals surface area (Å²) in [7, 11) is 0. The maximum absolute atomic E-state index is 13.0. The van der Waals surface area contributed by atoms with E-state index in [1.165, 1.54) is 18.2 Å². The van der Waals surface area contributed by atoms with Crippen LogP contribution in [0.1, 0.15) is 5.56 Å². The Morgan fingerprint density at radius 3 is 2.06 bits per heavy atom. The molecule has 0 saturated carbocycles. The van der Waals surface area contributed by atoms with Gasteiger partial charge >= 0.3 is 6.18 Å². The molecule has 0 aromatic heterocycles. The van der Waals surface area contributed by atoms with Gasteiger partial charge in [-0.15, -0.1) is 0 Å². The highest BCUT2D eigenvalue weighted by Crippen LogP contribution is 2.37. The number of halogens is 5. The third-order valence-corrected chi connectivity index (χ3v) is 2.46. The molecule has 0 aliphatic rings. The normalized spacial score (nSPS) is 11.6. The second-order valence-corrected chi connectivity index (χ2v) is 3.67. The number of rotatable bonds is 1. The van der Waals surface area contributed by atoms with Gasteiger partial charge in [0.2, 0.25) is 0 Å². The molecule has 2 rings (SSSR count). The number of hydrogen-bond donors (Lipinski definition) is 0. The smallest absolute Gasteiger partial charge is 0.204 e. The van der Waals surface area contributed by atoms with Gasteiger partial charge in [0.1, 0.15) is 0 Å². The zero-order valence-electron chi connectivity index (χ0n) is 8.93. The van der Waals surface area contributed by atoms with Crippen molar-refractivity contribution >= 4 is 0 Å². The van der Waals surface area contributed by atoms with Gasteiger partial charge in [-0.1, -0.05) is 24.3 Å². The van der Waals surface area contributed by atoms with Crippen molar-refractivity contribution in [3.8, 4) is 11.1 Å². The first-order valence-corrected chi connectivity index (χ1v) is 5.01. The summed E-state index contributed by atoms with van der Waals surface area (Å²) in [6.07, 6.45) is -4.54. The topological polar surface area (TPSA) is 0 Å². The van der Waals surface area contributed by atoms with Crippen LogP contribution in [0.15, 0.2) is 42.5 Å². The Kier molecular flexibility index (Phi) is 3.07. The van der Waals surface area contributed by atoms with E-state index in [0.29, 0.717) is 0 Å². The highest BCUT2D eigenvalue weighted by molar-refractivity contribution is 5.68. The molecule has 0 bridgehead atoms. The zero-order valence-corrected chi connectivity index (χ0v) is 8.93. The predicted octanol–water partition coefficient (Wildman–Crippen LogP) is 4.65. The van der Waals surface area contributed by atoms with Gasteiger partial charge in [-0.05, 0) is 29.3 Å². The van der Waals surface area contributed by atoms with Crippen molar-refractivity contribution in [1.29, 1.82) is 0 Å². The summed E-state index contributed by atoms with van der Waals surface area (Å²) in [6, 6.07) is 7.44. The lowest BCUT2D eigenvalue weighted by Gasteiger charge is -2.12. The van der Waals surface area contributed by atoms with E-state index in [1.807, 2.05) is 0 Å². The van der Waals surface area contributed by atoms with Crippen LogP contribution in [-0.2, 0) is 6.18 Å². The van der Waals surface area contributed by atoms with Crippen LogP contribution in [0.2, 0.25) is 0 Å². The fourth-order valence-corrected chi connectivity index (χ4v) is 1.65. The standard InChI is InChI=1S/C13H7F5/c14-11-6-5-8(7-12(11)15)9-3-1-2-4-10(9)13(16,17)18/h1-7H. The van der Waals surface area contributed by atoms with Gasteiger partial charge < -0.3 is 0 Å². The molecule has 0 N–H and O–H groups in total. The van der Waals surface area contributed by atoms with E-state index >= 15 is 0 Å². The van der Waals surface area contributed by atoms with Gasteiger partial charge in [-0.2, -0.15) is 13.2 Å². The molecule has 0 unspecified atom stereocenters. The number of benzene rings is 2. The molecule has 0 aliphatic carbocycles. The summed E-state index contributed by atoms with van der Waals surface area (Å²) < 4.78 is 64.0. The number of alkyl halides is 3. The van der Waals surface area contributed by atoms with Gasteiger partial charge in [-0.3, -0.25) is 0 Å². The van der Waals surface area contributed by atoms with Crippen LogP contribution in [0.3, 0.4) is 0 Å². The molecule has 18 heavy (non-hydrogen) atoms. The lowest BCUT2D eigenvalue weighted by molar-refractivity contribution is -0.137. The molecule has 0 aliphatic heterocycles. The number of hydrogen-bond acceptors (Lipinski definition) is 0. The molecule has 0 saturated heterocycles. The minimum absolute atomic E-state index is 0.0122. The van der Waals surface area contributed by atoms with Crippen LogP contribution in [0, 0.1) is 11.6 Å². The Morgan fingerprint density at radius 2 is 1.44 bits per heavy atom. The monoisotopic (exact) mass is 258 g/mol. The third kappa shape index (κ3) is 2.34. The minimum Gasteiger partial charge on any atom is -0.204 e. The maximum atomic E-state index is 13.0. The molecule has 0 fully saturated rings. The lowest BCUT2D eigenvalue weighted by atomic mass is 9.99. The van der Waals surface area contributed by atoms with Gasteiger partial charge in [0.15, 0.2) is 11.6 Å². The molecule has 2 aromatic carbocycles. The first kappa shape index (κ1) is 12.5. The van der Waals surface area contributed by atoms with Crippen molar-refractivity contribution in [3.63, 3.8) is 0 Å². The van der Waals surface area contributed by atoms with Gasteiger partial charge in [-0.25, -0.2) is 8.78 Å². The van der Waals surface area contributed by atoms with Crippen LogP contribution in [-0.4, -0.2) is 0 Å². The molecule has 0 nitrogen and oxygen atoms in total. The Hall–Kier alpha value is -1.91. The first-order chi connectivity index (χ1) is 8.39. The second kappa shape index (κ2) is 4.40. The zero-order chi connectivity index (χ0) is 13.3. The average molecular weight is 258 g/mol. The third-order valence-electron chi connectivity index (χ3n) is 2.46. The van der Waals surface area contributed by atoms with Crippen molar-refractivity contribution in [2.45, 2.75) is 6.18 Å². The van der Waals surface area contributed by atoms with Crippen molar-refractivity contribution in [1.82, 2.24) is 0 Å². The molecule has 5 heteroatoms. The van der Waals surface area contributed by atoms with Crippen molar-refractivity contribution in [3.05, 3.63) is 59.7 Å². The molecule has 0 amide bonds. The Balaban J connectivity index is 2.61. The average Bonchev–Trinajstić information content (AvgIpc) is 2.32. The molecule has 0 spiro atoms. The van der Waals surface area contributed by atoms with E-state index < -0.39 is 23.4 Å². The van der Waals surface area contributed by atoms with E-state index in [0.717, 1.165) is 24.3 Å². The van der Waals surface area contributed by atoms with Gasteiger partial charge in [0.05, 0.1) is 5.56 Å². The molecule has 0 heterocycles. The predicted molar refractivity (Wildman–Crippen MR) is 56.8 cm³/mol. The van der Waals surface area contributed by atoms with E-state index in [9.17, 15) is 22.0 Å². The summed E-state index contributed by atoms with van der Waals surface area (Å²) in [6.45, 7) is 0. The molecule has 0 radical (unpaired) electrons. The summed E-state index contributed by atoms with van der Waals surface area (Å²) in [5.41, 5.74) is -1.07. The maximum Gasteiger partial charge on any atom is 0.417 e. The van der Waals surface area contributed by atoms with Crippen molar-refractivity contribution < 1.29 is 22.0 Å². The molecular weight excluding hydrogens is 251 g/mol. The van der Waals surface area contributed by atoms with Crippen LogP contribution >= 0.6 is 0 Å². The minimum atomic E-state index is -4.54. The van der Waals surface area contributed by atoms with Crippen LogP contribution in [0.25, 0.3) is 11.1 Å². The Morgan fingerprint density at radius 1 is 0.778 bits per heavy atom. The van der Waals surface area contributed by atoms with Crippen LogP contribution < -0.4 is 0 Å². The largest absolute Gasteiger partial charge is 0.417 e. The lowest BCUT2D eigenvalue weighted by Crippen LogP contribution is -2.06. The Labute approximate surface area is 99.7 Å². The summed E-state index contributed by atoms with van der Waals surface area (Å²) >= 11 is 0. The van der Waals surface area contributed by atoms with E-state index in [-0.39, 0.29) is 11.1 Å². The van der Waals surface area contributed by atoms with Crippen molar-refractivity contribution in [2.24, 2.45) is 0 Å². The fourth-order valence-electron chi connectivity index (χ4n) is 1.65. The van der Waals surface area contributed by atoms with Gasteiger partial charge in [0.25, 0.3) is 0 Å². The van der Waals surface area contributed by atoms with Gasteiger partial charge in [0, 0.05) is 0 Å². The second-order valence-electron chi connectivity index (χ2n) is 3.67. The van der Waals surface area contributed by atoms with Crippen LogP contribution in [0.5, 0.6) is 0 Å². The quantitative estimate of drug-likeness (QED) is 0.653. The molecule has 0 atom stereocenters. The molecule has 2 aromatic rings. The van der Waals surface area contributed by atoms with E-state index in [2.05, 4.69) is 0 Å². The van der Waals surface area contributed by atoms with Crippen LogP contribution in [0.4, 0.5) is 22.0 Å². The highest BCUT2D eigenvalue weighted by Gasteiger charge is 2.33. The molecule has 94 valence electrons. The van der Waals surface area contributed by atoms with Crippen molar-refractivity contribution in [2.75, 3.05) is 0 Å². The molecular formula is C13H7F5. The van der Waals surface area contributed by atoms with E-state index in [1.54, 1.807) is 0 Å². The highest BCUT2D eigenvalue weighted by atomic mass is 19.4. The SMILES string of the molecule is Fc1ccc(-c2ccccc2C(F)(F)F)cc1F. The Bertz CT molecular complexity index is 572. The van der Waals surface area contributed by atoms with E-state index in [4.69, 9.17) is 0 Å². The summed E-state index contributed by atoms with van der Waals surface area (Å²) in [5, 5.41) is 0. The summed E-state index contributed by atoms with van der Waals surface area (Å²) in [5.74, 6) is -2.27. The first-order valence-electron chi connectivity index (χ1n) is 5.01. The summed E-state index contributed by atoms with van der Waals surface area (Å²) in [4.78, 5) is 0. The fraction of sp³-hybridized carbons (Fsp3) is 0.0769.